The molecule has 0 bridgehead atoms. The Morgan fingerprint density at radius 3 is 2.47 bits per heavy atom. The highest BCUT2D eigenvalue weighted by Crippen LogP contribution is 2.44. The highest BCUT2D eigenvalue weighted by Gasteiger charge is 2.47. The van der Waals surface area contributed by atoms with Crippen LogP contribution in [0, 0.1) is 6.92 Å². The summed E-state index contributed by atoms with van der Waals surface area (Å²) in [6.07, 6.45) is 3.11. The van der Waals surface area contributed by atoms with Gasteiger partial charge < -0.3 is 9.84 Å². The normalized spacial score (nSPS) is 17.6. The summed E-state index contributed by atoms with van der Waals surface area (Å²) in [5.74, 6) is -1.79. The number of anilines is 1. The van der Waals surface area contributed by atoms with Gasteiger partial charge in [0.25, 0.3) is 11.7 Å². The molecular formula is C24H18Cl2N2O4. The van der Waals surface area contributed by atoms with E-state index in [1.54, 1.807) is 67.8 Å². The van der Waals surface area contributed by atoms with Crippen LogP contribution < -0.4 is 9.64 Å². The van der Waals surface area contributed by atoms with Gasteiger partial charge in [-0.25, -0.2) is 0 Å². The fraction of sp³-hybridized carbons (Fsp3) is 0.125. The number of carbonyl (C=O) groups is 2. The van der Waals surface area contributed by atoms with Crippen molar-refractivity contribution in [3.63, 3.8) is 0 Å². The summed E-state index contributed by atoms with van der Waals surface area (Å²) in [4.78, 5) is 31.7. The van der Waals surface area contributed by atoms with Gasteiger partial charge in [-0.2, -0.15) is 0 Å². The zero-order valence-electron chi connectivity index (χ0n) is 17.2. The molecule has 1 fully saturated rings. The number of aliphatic hydroxyl groups is 1. The van der Waals surface area contributed by atoms with Crippen molar-refractivity contribution in [2.45, 2.75) is 13.0 Å². The van der Waals surface area contributed by atoms with E-state index in [1.807, 2.05) is 0 Å². The third kappa shape index (κ3) is 3.72. The molecule has 1 N–H and O–H groups in total. The molecule has 3 aromatic rings. The second kappa shape index (κ2) is 8.65. The zero-order chi connectivity index (χ0) is 23.0. The standard InChI is InChI=1S/C24H18Cl2N2O4/c1-13-10-17(23(32-2)18(26)11-13)21(29)19-20(14-6-8-27-9-7-14)28(24(31)22(19)30)16-5-3-4-15(25)12-16/h3-12,20,29H,1-2H3/b21-19+. The number of hydrogen-bond acceptors (Lipinski definition) is 5. The van der Waals surface area contributed by atoms with Crippen molar-refractivity contribution in [3.8, 4) is 5.75 Å². The van der Waals surface area contributed by atoms with Crippen LogP contribution in [-0.2, 0) is 9.59 Å². The molecule has 162 valence electrons. The van der Waals surface area contributed by atoms with E-state index in [2.05, 4.69) is 4.98 Å². The summed E-state index contributed by atoms with van der Waals surface area (Å²) in [6, 6.07) is 12.4. The van der Waals surface area contributed by atoms with Crippen LogP contribution in [0.5, 0.6) is 5.75 Å². The van der Waals surface area contributed by atoms with Crippen LogP contribution >= 0.6 is 23.2 Å². The van der Waals surface area contributed by atoms with Crippen molar-refractivity contribution in [1.29, 1.82) is 0 Å². The topological polar surface area (TPSA) is 79.7 Å². The molecular weight excluding hydrogens is 451 g/mol. The van der Waals surface area contributed by atoms with Gasteiger partial charge in [0.15, 0.2) is 0 Å². The smallest absolute Gasteiger partial charge is 0.300 e. The largest absolute Gasteiger partial charge is 0.507 e. The molecule has 0 saturated carbocycles. The zero-order valence-corrected chi connectivity index (χ0v) is 18.7. The maximum absolute atomic E-state index is 13.2. The van der Waals surface area contributed by atoms with Gasteiger partial charge in [0.1, 0.15) is 11.5 Å². The second-order valence-electron chi connectivity index (χ2n) is 7.26. The van der Waals surface area contributed by atoms with Crippen molar-refractivity contribution in [2.75, 3.05) is 12.0 Å². The molecule has 1 aliphatic heterocycles. The van der Waals surface area contributed by atoms with Gasteiger partial charge >= 0.3 is 0 Å². The third-order valence-corrected chi connectivity index (χ3v) is 5.72. The second-order valence-corrected chi connectivity index (χ2v) is 8.10. The van der Waals surface area contributed by atoms with Crippen molar-refractivity contribution < 1.29 is 19.4 Å². The Morgan fingerprint density at radius 1 is 1.09 bits per heavy atom. The Labute approximate surface area is 194 Å². The lowest BCUT2D eigenvalue weighted by atomic mass is 9.95. The van der Waals surface area contributed by atoms with Crippen molar-refractivity contribution in [3.05, 3.63) is 93.2 Å². The van der Waals surface area contributed by atoms with Crippen molar-refractivity contribution >= 4 is 46.3 Å². The lowest BCUT2D eigenvalue weighted by molar-refractivity contribution is -0.132. The minimum Gasteiger partial charge on any atom is -0.507 e. The molecule has 1 saturated heterocycles. The number of aliphatic hydroxyl groups excluding tert-OH is 1. The van der Waals surface area contributed by atoms with Gasteiger partial charge in [0.05, 0.1) is 29.3 Å². The molecule has 0 aliphatic carbocycles. The fourth-order valence-corrected chi connectivity index (χ4v) is 4.38. The predicted octanol–water partition coefficient (Wildman–Crippen LogP) is 5.33. The van der Waals surface area contributed by atoms with E-state index in [4.69, 9.17) is 27.9 Å². The first-order chi connectivity index (χ1) is 15.3. The number of rotatable bonds is 4. The molecule has 0 radical (unpaired) electrons. The number of hydrogen-bond donors (Lipinski definition) is 1. The number of pyridine rings is 1. The summed E-state index contributed by atoms with van der Waals surface area (Å²) in [5, 5.41) is 12.0. The first-order valence-electron chi connectivity index (χ1n) is 9.64. The molecule has 1 unspecified atom stereocenters. The Balaban J connectivity index is 2.01. The lowest BCUT2D eigenvalue weighted by Gasteiger charge is -2.25. The van der Waals surface area contributed by atoms with E-state index in [1.165, 1.54) is 12.0 Å². The van der Waals surface area contributed by atoms with Gasteiger partial charge in [0.2, 0.25) is 0 Å². The molecule has 8 heteroatoms. The molecule has 2 aromatic carbocycles. The number of methoxy groups -OCH3 is 1. The summed E-state index contributed by atoms with van der Waals surface area (Å²) >= 11 is 12.4. The van der Waals surface area contributed by atoms with E-state index in [0.29, 0.717) is 16.3 Å². The molecule has 1 aliphatic rings. The van der Waals surface area contributed by atoms with Crippen LogP contribution in [0.25, 0.3) is 5.76 Å². The first kappa shape index (κ1) is 21.9. The summed E-state index contributed by atoms with van der Waals surface area (Å²) in [5.41, 5.74) is 1.91. The number of Topliss-reactive ketones (excluding diaryl/α,β-unsaturated/α-hetero) is 1. The molecule has 1 atom stereocenters. The van der Waals surface area contributed by atoms with Gasteiger partial charge in [0, 0.05) is 23.1 Å². The molecule has 2 heterocycles. The minimum atomic E-state index is -0.902. The Bertz CT molecular complexity index is 1260. The number of aromatic nitrogens is 1. The number of ether oxygens (including phenoxy) is 1. The number of nitrogens with zero attached hydrogens (tertiary/aromatic N) is 2. The van der Waals surface area contributed by atoms with E-state index in [0.717, 1.165) is 5.56 Å². The summed E-state index contributed by atoms with van der Waals surface area (Å²) < 4.78 is 5.38. The SMILES string of the molecule is COc1c(Cl)cc(C)cc1/C(O)=C1\C(=O)C(=O)N(c2cccc(Cl)c2)C1c1ccncc1. The van der Waals surface area contributed by atoms with Crippen LogP contribution in [0.3, 0.4) is 0 Å². The maximum atomic E-state index is 13.2. The van der Waals surface area contributed by atoms with Crippen molar-refractivity contribution in [2.24, 2.45) is 0 Å². The summed E-state index contributed by atoms with van der Waals surface area (Å²) in [7, 11) is 1.41. The number of aryl methyl sites for hydroxylation is 1. The highest BCUT2D eigenvalue weighted by molar-refractivity contribution is 6.52. The van der Waals surface area contributed by atoms with Crippen LogP contribution in [-0.4, -0.2) is 28.9 Å². The fourth-order valence-electron chi connectivity index (χ4n) is 3.84. The van der Waals surface area contributed by atoms with E-state index >= 15 is 0 Å². The van der Waals surface area contributed by atoms with Gasteiger partial charge in [-0.1, -0.05) is 29.3 Å². The Kier molecular flexibility index (Phi) is 5.91. The van der Waals surface area contributed by atoms with Crippen LogP contribution in [0.4, 0.5) is 5.69 Å². The van der Waals surface area contributed by atoms with Crippen LogP contribution in [0.2, 0.25) is 10.0 Å². The van der Waals surface area contributed by atoms with E-state index in [9.17, 15) is 14.7 Å². The quantitative estimate of drug-likeness (QED) is 0.317. The number of halogens is 2. The number of benzene rings is 2. The first-order valence-corrected chi connectivity index (χ1v) is 10.4. The average Bonchev–Trinajstić information content (AvgIpc) is 3.04. The maximum Gasteiger partial charge on any atom is 0.300 e. The summed E-state index contributed by atoms with van der Waals surface area (Å²) in [6.45, 7) is 1.80. The predicted molar refractivity (Wildman–Crippen MR) is 123 cm³/mol. The van der Waals surface area contributed by atoms with Crippen molar-refractivity contribution in [1.82, 2.24) is 4.98 Å². The van der Waals surface area contributed by atoms with Crippen LogP contribution in [0.1, 0.15) is 22.7 Å². The number of ketones is 1. The van der Waals surface area contributed by atoms with Gasteiger partial charge in [-0.15, -0.1) is 0 Å². The molecule has 4 rings (SSSR count). The van der Waals surface area contributed by atoms with Gasteiger partial charge in [-0.05, 0) is 60.5 Å². The average molecular weight is 469 g/mol. The number of carbonyl (C=O) groups excluding carboxylic acids is 2. The van der Waals surface area contributed by atoms with Gasteiger partial charge in [-0.3, -0.25) is 19.5 Å². The highest BCUT2D eigenvalue weighted by atomic mass is 35.5. The van der Waals surface area contributed by atoms with E-state index < -0.39 is 17.7 Å². The monoisotopic (exact) mass is 468 g/mol. The van der Waals surface area contributed by atoms with Crippen LogP contribution in [0.15, 0.2) is 66.5 Å². The Morgan fingerprint density at radius 2 is 1.81 bits per heavy atom. The number of amides is 1. The molecule has 1 amide bonds. The lowest BCUT2D eigenvalue weighted by Crippen LogP contribution is -2.29. The molecule has 32 heavy (non-hydrogen) atoms. The van der Waals surface area contributed by atoms with E-state index in [-0.39, 0.29) is 27.7 Å². The molecule has 1 aromatic heterocycles. The minimum absolute atomic E-state index is 0.0823. The Hall–Kier alpha value is -3.35. The molecule has 0 spiro atoms. The third-order valence-electron chi connectivity index (χ3n) is 5.20. The molecule has 6 nitrogen and oxygen atoms in total.